The summed E-state index contributed by atoms with van der Waals surface area (Å²) in [6.07, 6.45) is 0. The van der Waals surface area contributed by atoms with Gasteiger partial charge in [0, 0.05) is 17.4 Å². The number of methoxy groups -OCH3 is 1. The number of hydrogen-bond acceptors (Lipinski definition) is 3. The number of carbonyl (C=O) groups is 2. The molecule has 0 saturated carbocycles. The van der Waals surface area contributed by atoms with Crippen molar-refractivity contribution in [3.63, 3.8) is 0 Å². The first kappa shape index (κ1) is 17.5. The first-order valence-corrected chi connectivity index (χ1v) is 7.66. The summed E-state index contributed by atoms with van der Waals surface area (Å²) in [7, 11) is 1.54. The molecule has 0 aliphatic rings. The van der Waals surface area contributed by atoms with E-state index < -0.39 is 11.8 Å². The van der Waals surface area contributed by atoms with Crippen molar-refractivity contribution in [3.05, 3.63) is 54.1 Å². The van der Waals surface area contributed by atoms with Gasteiger partial charge in [-0.15, -0.1) is 0 Å². The Morgan fingerprint density at radius 1 is 0.875 bits per heavy atom. The second-order valence-electron chi connectivity index (χ2n) is 6.47. The number of nitrogens with one attached hydrogen (secondary N) is 2. The maximum atomic E-state index is 12.0. The Morgan fingerprint density at radius 2 is 1.46 bits per heavy atom. The lowest BCUT2D eigenvalue weighted by Gasteiger charge is -2.19. The van der Waals surface area contributed by atoms with Crippen molar-refractivity contribution in [2.75, 3.05) is 17.7 Å². The van der Waals surface area contributed by atoms with Crippen molar-refractivity contribution in [2.24, 2.45) is 0 Å². The van der Waals surface area contributed by atoms with E-state index in [9.17, 15) is 9.59 Å². The monoisotopic (exact) mass is 326 g/mol. The fourth-order valence-electron chi connectivity index (χ4n) is 2.13. The van der Waals surface area contributed by atoms with Gasteiger partial charge in [0.05, 0.1) is 7.11 Å². The van der Waals surface area contributed by atoms with E-state index in [1.54, 1.807) is 36.4 Å². The molecule has 2 aromatic carbocycles. The van der Waals surface area contributed by atoms with Crippen molar-refractivity contribution in [2.45, 2.75) is 26.2 Å². The lowest BCUT2D eigenvalue weighted by molar-refractivity contribution is -0.132. The molecule has 0 saturated heterocycles. The fraction of sp³-hybridized carbons (Fsp3) is 0.263. The van der Waals surface area contributed by atoms with Gasteiger partial charge >= 0.3 is 11.8 Å². The standard InChI is InChI=1S/C19H22N2O3/c1-19(2,3)13-8-10-14(11-9-13)20-17(22)18(23)21-15-6-5-7-16(12-15)24-4/h5-12H,1-4H3,(H,20,22)(H,21,23). The van der Waals surface area contributed by atoms with E-state index in [1.807, 2.05) is 12.1 Å². The van der Waals surface area contributed by atoms with Crippen LogP contribution in [-0.2, 0) is 15.0 Å². The van der Waals surface area contributed by atoms with Gasteiger partial charge in [-0.2, -0.15) is 0 Å². The molecule has 24 heavy (non-hydrogen) atoms. The normalized spacial score (nSPS) is 10.8. The number of anilines is 2. The molecular weight excluding hydrogens is 304 g/mol. The predicted octanol–water partition coefficient (Wildman–Crippen LogP) is 3.57. The first-order chi connectivity index (χ1) is 11.3. The van der Waals surface area contributed by atoms with Crippen LogP contribution in [0.5, 0.6) is 5.75 Å². The number of carbonyl (C=O) groups excluding carboxylic acids is 2. The van der Waals surface area contributed by atoms with Crippen LogP contribution in [0.2, 0.25) is 0 Å². The van der Waals surface area contributed by atoms with Crippen molar-refractivity contribution < 1.29 is 14.3 Å². The summed E-state index contributed by atoms with van der Waals surface area (Å²) in [5.74, 6) is -0.851. The smallest absolute Gasteiger partial charge is 0.314 e. The molecule has 2 aromatic rings. The molecule has 0 unspecified atom stereocenters. The largest absolute Gasteiger partial charge is 0.497 e. The van der Waals surface area contributed by atoms with Gasteiger partial charge in [0.25, 0.3) is 0 Å². The number of hydrogen-bond donors (Lipinski definition) is 2. The van der Waals surface area contributed by atoms with Crippen molar-refractivity contribution in [1.29, 1.82) is 0 Å². The van der Waals surface area contributed by atoms with Crippen LogP contribution < -0.4 is 15.4 Å². The minimum Gasteiger partial charge on any atom is -0.497 e. The van der Waals surface area contributed by atoms with Gasteiger partial charge < -0.3 is 15.4 Å². The van der Waals surface area contributed by atoms with Gasteiger partial charge in [-0.3, -0.25) is 9.59 Å². The van der Waals surface area contributed by atoms with Crippen LogP contribution in [-0.4, -0.2) is 18.9 Å². The molecule has 0 aliphatic carbocycles. The third-order valence-electron chi connectivity index (χ3n) is 3.54. The van der Waals surface area contributed by atoms with Crippen LogP contribution in [0.25, 0.3) is 0 Å². The quantitative estimate of drug-likeness (QED) is 0.847. The van der Waals surface area contributed by atoms with Gasteiger partial charge in [0.15, 0.2) is 0 Å². The van der Waals surface area contributed by atoms with E-state index in [0.717, 1.165) is 5.56 Å². The van der Waals surface area contributed by atoms with Gasteiger partial charge in [0.1, 0.15) is 5.75 Å². The van der Waals surface area contributed by atoms with Crippen molar-refractivity contribution in [1.82, 2.24) is 0 Å². The second kappa shape index (κ2) is 7.17. The van der Waals surface area contributed by atoms with Gasteiger partial charge in [-0.1, -0.05) is 39.0 Å². The number of amides is 2. The predicted molar refractivity (Wildman–Crippen MR) is 95.4 cm³/mol. The van der Waals surface area contributed by atoms with Crippen LogP contribution in [0, 0.1) is 0 Å². The average Bonchev–Trinajstić information content (AvgIpc) is 2.54. The molecule has 5 heteroatoms. The van der Waals surface area contributed by atoms with Gasteiger partial charge in [-0.25, -0.2) is 0 Å². The van der Waals surface area contributed by atoms with Crippen LogP contribution >= 0.6 is 0 Å². The molecule has 5 nitrogen and oxygen atoms in total. The van der Waals surface area contributed by atoms with E-state index in [4.69, 9.17) is 4.74 Å². The van der Waals surface area contributed by atoms with Crippen LogP contribution in [0.3, 0.4) is 0 Å². The molecule has 0 radical (unpaired) electrons. The molecular formula is C19H22N2O3. The summed E-state index contributed by atoms with van der Waals surface area (Å²) < 4.78 is 5.08. The molecule has 0 aromatic heterocycles. The van der Waals surface area contributed by atoms with Gasteiger partial charge in [0.2, 0.25) is 0 Å². The van der Waals surface area contributed by atoms with E-state index in [1.165, 1.54) is 7.11 Å². The number of benzene rings is 2. The molecule has 2 amide bonds. The third kappa shape index (κ3) is 4.59. The minimum absolute atomic E-state index is 0.0340. The Hall–Kier alpha value is -2.82. The highest BCUT2D eigenvalue weighted by Crippen LogP contribution is 2.23. The van der Waals surface area contributed by atoms with Crippen molar-refractivity contribution in [3.8, 4) is 5.75 Å². The molecule has 126 valence electrons. The van der Waals surface area contributed by atoms with Crippen molar-refractivity contribution >= 4 is 23.2 Å². The van der Waals surface area contributed by atoms with E-state index in [0.29, 0.717) is 17.1 Å². The van der Waals surface area contributed by atoms with Crippen LogP contribution in [0.4, 0.5) is 11.4 Å². The summed E-state index contributed by atoms with van der Waals surface area (Å²) in [5, 5.41) is 5.13. The molecule has 0 fully saturated rings. The maximum Gasteiger partial charge on any atom is 0.314 e. The molecule has 0 bridgehead atoms. The highest BCUT2D eigenvalue weighted by Gasteiger charge is 2.16. The molecule has 2 rings (SSSR count). The highest BCUT2D eigenvalue weighted by molar-refractivity contribution is 6.43. The van der Waals surface area contributed by atoms with Crippen LogP contribution in [0.1, 0.15) is 26.3 Å². The maximum absolute atomic E-state index is 12.0. The molecule has 0 aliphatic heterocycles. The highest BCUT2D eigenvalue weighted by atomic mass is 16.5. The van der Waals surface area contributed by atoms with E-state index in [-0.39, 0.29) is 5.41 Å². The topological polar surface area (TPSA) is 67.4 Å². The lowest BCUT2D eigenvalue weighted by atomic mass is 9.87. The molecule has 2 N–H and O–H groups in total. The van der Waals surface area contributed by atoms with E-state index >= 15 is 0 Å². The number of ether oxygens (including phenoxy) is 1. The fourth-order valence-corrected chi connectivity index (χ4v) is 2.13. The van der Waals surface area contributed by atoms with Crippen LogP contribution in [0.15, 0.2) is 48.5 Å². The van der Waals surface area contributed by atoms with Gasteiger partial charge in [-0.05, 0) is 35.2 Å². The zero-order valence-electron chi connectivity index (χ0n) is 14.3. The first-order valence-electron chi connectivity index (χ1n) is 7.66. The number of rotatable bonds is 3. The minimum atomic E-state index is -0.733. The molecule has 0 spiro atoms. The second-order valence-corrected chi connectivity index (χ2v) is 6.47. The average molecular weight is 326 g/mol. The lowest BCUT2D eigenvalue weighted by Crippen LogP contribution is -2.29. The Balaban J connectivity index is 1.99. The Kier molecular flexibility index (Phi) is 5.24. The summed E-state index contributed by atoms with van der Waals surface area (Å²) in [4.78, 5) is 24.0. The molecule has 0 heterocycles. The zero-order valence-corrected chi connectivity index (χ0v) is 14.3. The summed E-state index contributed by atoms with van der Waals surface area (Å²) in [5.41, 5.74) is 2.26. The summed E-state index contributed by atoms with van der Waals surface area (Å²) in [6.45, 7) is 6.34. The summed E-state index contributed by atoms with van der Waals surface area (Å²) in [6, 6.07) is 14.3. The Morgan fingerprint density at radius 3 is 2.00 bits per heavy atom. The van der Waals surface area contributed by atoms with E-state index in [2.05, 4.69) is 31.4 Å². The Labute approximate surface area is 142 Å². The Bertz CT molecular complexity index is 731. The summed E-state index contributed by atoms with van der Waals surface area (Å²) >= 11 is 0. The third-order valence-corrected chi connectivity index (χ3v) is 3.54. The SMILES string of the molecule is COc1cccc(NC(=O)C(=O)Nc2ccc(C(C)(C)C)cc2)c1. The molecule has 0 atom stereocenters. The zero-order chi connectivity index (χ0) is 17.7.